The molecule has 112 valence electrons. The smallest absolute Gasteiger partial charge is 0.289 e. The van der Waals surface area contributed by atoms with Crippen LogP contribution in [0.15, 0.2) is 27.6 Å². The maximum atomic E-state index is 12.4. The van der Waals surface area contributed by atoms with Gasteiger partial charge in [0.05, 0.1) is 4.92 Å². The van der Waals surface area contributed by atoms with Gasteiger partial charge in [0.1, 0.15) is 0 Å². The molecule has 9 heteroatoms. The SMILES string of the molecule is CN(C)CCN(C)S(=O)(=O)c1cc(Br)ccc1[N+](=O)[O-]. The minimum atomic E-state index is -3.90. The zero-order valence-corrected chi connectivity index (χ0v) is 13.8. The molecule has 0 aromatic heterocycles. The Bertz CT molecular complexity index is 604. The van der Waals surface area contributed by atoms with Crippen molar-refractivity contribution in [3.63, 3.8) is 0 Å². The first-order valence-electron chi connectivity index (χ1n) is 5.71. The lowest BCUT2D eigenvalue weighted by atomic mass is 10.3. The number of halogens is 1. The number of nitrogens with zero attached hydrogens (tertiary/aromatic N) is 3. The number of nitro benzene ring substituents is 1. The standard InChI is InChI=1S/C11H16BrN3O4S/c1-13(2)6-7-14(3)20(18,19)11-8-9(12)4-5-10(11)15(16)17/h4-5,8H,6-7H2,1-3H3. The van der Waals surface area contributed by atoms with E-state index < -0.39 is 20.6 Å². The third-order valence-corrected chi connectivity index (χ3v) is 5.05. The van der Waals surface area contributed by atoms with E-state index in [1.165, 1.54) is 25.2 Å². The Morgan fingerprint density at radius 1 is 1.25 bits per heavy atom. The van der Waals surface area contributed by atoms with Gasteiger partial charge in [0.25, 0.3) is 5.69 Å². The van der Waals surface area contributed by atoms with Crippen molar-refractivity contribution in [3.05, 3.63) is 32.8 Å². The summed E-state index contributed by atoms with van der Waals surface area (Å²) in [6.07, 6.45) is 0. The molecule has 1 aromatic rings. The summed E-state index contributed by atoms with van der Waals surface area (Å²) >= 11 is 3.14. The number of sulfonamides is 1. The summed E-state index contributed by atoms with van der Waals surface area (Å²) in [4.78, 5) is 11.8. The fourth-order valence-electron chi connectivity index (χ4n) is 1.47. The van der Waals surface area contributed by atoms with Gasteiger partial charge in [-0.2, -0.15) is 4.31 Å². The van der Waals surface area contributed by atoms with Crippen LogP contribution in [-0.2, 0) is 10.0 Å². The zero-order chi connectivity index (χ0) is 15.5. The second kappa shape index (κ2) is 6.61. The molecule has 0 atom stereocenters. The Kier molecular flexibility index (Phi) is 5.63. The Balaban J connectivity index is 3.21. The van der Waals surface area contributed by atoms with Crippen molar-refractivity contribution in [2.24, 2.45) is 0 Å². The maximum absolute atomic E-state index is 12.4. The summed E-state index contributed by atoms with van der Waals surface area (Å²) in [6.45, 7) is 0.774. The van der Waals surface area contributed by atoms with Crippen molar-refractivity contribution in [2.45, 2.75) is 4.90 Å². The Morgan fingerprint density at radius 2 is 1.85 bits per heavy atom. The number of rotatable bonds is 6. The number of hydrogen-bond acceptors (Lipinski definition) is 5. The van der Waals surface area contributed by atoms with E-state index in [0.717, 1.165) is 4.31 Å². The van der Waals surface area contributed by atoms with Gasteiger partial charge < -0.3 is 4.90 Å². The van der Waals surface area contributed by atoms with Crippen LogP contribution in [0.3, 0.4) is 0 Å². The predicted octanol–water partition coefficient (Wildman–Crippen LogP) is 1.54. The first-order chi connectivity index (χ1) is 9.16. The molecule has 7 nitrogen and oxygen atoms in total. The van der Waals surface area contributed by atoms with Crippen LogP contribution < -0.4 is 0 Å². The van der Waals surface area contributed by atoms with Crippen LogP contribution in [0.2, 0.25) is 0 Å². The molecular weight excluding hydrogens is 350 g/mol. The van der Waals surface area contributed by atoms with Gasteiger partial charge in [0, 0.05) is 30.7 Å². The Labute approximate surface area is 126 Å². The van der Waals surface area contributed by atoms with Crippen LogP contribution in [0.5, 0.6) is 0 Å². The molecular formula is C11H16BrN3O4S. The van der Waals surface area contributed by atoms with Crippen LogP contribution in [0.1, 0.15) is 0 Å². The molecule has 0 saturated heterocycles. The minimum Gasteiger partial charge on any atom is -0.308 e. The van der Waals surface area contributed by atoms with Gasteiger partial charge in [-0.1, -0.05) is 15.9 Å². The van der Waals surface area contributed by atoms with E-state index in [-0.39, 0.29) is 11.4 Å². The number of benzene rings is 1. The summed E-state index contributed by atoms with van der Waals surface area (Å²) in [6, 6.07) is 3.87. The van der Waals surface area contributed by atoms with Crippen LogP contribution in [0, 0.1) is 10.1 Å². The lowest BCUT2D eigenvalue weighted by Gasteiger charge is -2.19. The third kappa shape index (κ3) is 3.98. The molecule has 0 saturated carbocycles. The van der Waals surface area contributed by atoms with E-state index in [9.17, 15) is 18.5 Å². The van der Waals surface area contributed by atoms with Crippen LogP contribution in [-0.4, -0.2) is 56.8 Å². The highest BCUT2D eigenvalue weighted by molar-refractivity contribution is 9.10. The van der Waals surface area contributed by atoms with E-state index in [1.54, 1.807) is 0 Å². The Hall–Kier alpha value is -1.03. The molecule has 0 N–H and O–H groups in total. The number of hydrogen-bond donors (Lipinski definition) is 0. The Morgan fingerprint density at radius 3 is 2.35 bits per heavy atom. The molecule has 0 heterocycles. The second-order valence-electron chi connectivity index (χ2n) is 4.50. The fourth-order valence-corrected chi connectivity index (χ4v) is 3.33. The average molecular weight is 366 g/mol. The van der Waals surface area contributed by atoms with Gasteiger partial charge in [-0.25, -0.2) is 8.42 Å². The van der Waals surface area contributed by atoms with Crippen LogP contribution >= 0.6 is 15.9 Å². The molecule has 0 aliphatic rings. The third-order valence-electron chi connectivity index (χ3n) is 2.67. The van der Waals surface area contributed by atoms with Crippen LogP contribution in [0.4, 0.5) is 5.69 Å². The van der Waals surface area contributed by atoms with Crippen molar-refractivity contribution in [1.82, 2.24) is 9.21 Å². The van der Waals surface area contributed by atoms with Crippen molar-refractivity contribution in [3.8, 4) is 0 Å². The van der Waals surface area contributed by atoms with Gasteiger partial charge >= 0.3 is 0 Å². The highest BCUT2D eigenvalue weighted by atomic mass is 79.9. The predicted molar refractivity (Wildman–Crippen MR) is 79.2 cm³/mol. The molecule has 0 fully saturated rings. The maximum Gasteiger partial charge on any atom is 0.289 e. The monoisotopic (exact) mass is 365 g/mol. The molecule has 0 bridgehead atoms. The van der Waals surface area contributed by atoms with Gasteiger partial charge in [-0.05, 0) is 26.2 Å². The summed E-state index contributed by atoms with van der Waals surface area (Å²) < 4.78 is 26.4. The van der Waals surface area contributed by atoms with Crippen molar-refractivity contribution < 1.29 is 13.3 Å². The molecule has 1 aromatic carbocycles. The highest BCUT2D eigenvalue weighted by Gasteiger charge is 2.29. The summed E-state index contributed by atoms with van der Waals surface area (Å²) in [7, 11) is 1.15. The first kappa shape index (κ1) is 17.0. The number of likely N-dealkylation sites (N-methyl/N-ethyl adjacent to an activating group) is 2. The number of nitro groups is 1. The van der Waals surface area contributed by atoms with E-state index >= 15 is 0 Å². The van der Waals surface area contributed by atoms with E-state index in [4.69, 9.17) is 0 Å². The molecule has 0 amide bonds. The quantitative estimate of drug-likeness (QED) is 0.563. The van der Waals surface area contributed by atoms with Crippen molar-refractivity contribution >= 4 is 31.6 Å². The molecule has 0 aliphatic heterocycles. The molecule has 0 unspecified atom stereocenters. The molecule has 0 aliphatic carbocycles. The molecule has 1 rings (SSSR count). The second-order valence-corrected chi connectivity index (χ2v) is 7.43. The van der Waals surface area contributed by atoms with E-state index in [1.807, 2.05) is 19.0 Å². The average Bonchev–Trinajstić information content (AvgIpc) is 2.35. The fraction of sp³-hybridized carbons (Fsp3) is 0.455. The summed E-state index contributed by atoms with van der Waals surface area (Å²) in [5.41, 5.74) is -0.426. The van der Waals surface area contributed by atoms with Gasteiger partial charge in [0.15, 0.2) is 4.90 Å². The first-order valence-corrected chi connectivity index (χ1v) is 7.94. The molecule has 0 radical (unpaired) electrons. The van der Waals surface area contributed by atoms with Gasteiger partial charge in [-0.15, -0.1) is 0 Å². The summed E-state index contributed by atoms with van der Waals surface area (Å²) in [5, 5.41) is 11.0. The zero-order valence-electron chi connectivity index (χ0n) is 11.4. The summed E-state index contributed by atoms with van der Waals surface area (Å²) in [5.74, 6) is 0. The van der Waals surface area contributed by atoms with Crippen molar-refractivity contribution in [1.29, 1.82) is 0 Å². The van der Waals surface area contributed by atoms with Gasteiger partial charge in [-0.3, -0.25) is 10.1 Å². The lowest BCUT2D eigenvalue weighted by Crippen LogP contribution is -2.33. The molecule has 20 heavy (non-hydrogen) atoms. The van der Waals surface area contributed by atoms with E-state index in [0.29, 0.717) is 11.0 Å². The normalized spacial score (nSPS) is 12.1. The molecule has 0 spiro atoms. The van der Waals surface area contributed by atoms with E-state index in [2.05, 4.69) is 15.9 Å². The largest absolute Gasteiger partial charge is 0.308 e. The minimum absolute atomic E-state index is 0.249. The highest BCUT2D eigenvalue weighted by Crippen LogP contribution is 2.29. The lowest BCUT2D eigenvalue weighted by molar-refractivity contribution is -0.387. The topological polar surface area (TPSA) is 83.8 Å². The van der Waals surface area contributed by atoms with Crippen molar-refractivity contribution in [2.75, 3.05) is 34.2 Å². The van der Waals surface area contributed by atoms with Crippen LogP contribution in [0.25, 0.3) is 0 Å². The van der Waals surface area contributed by atoms with Gasteiger partial charge in [0.2, 0.25) is 10.0 Å².